The maximum Gasteiger partial charge on any atom is 0.271 e. The lowest BCUT2D eigenvalue weighted by atomic mass is 10.1. The van der Waals surface area contributed by atoms with Crippen molar-refractivity contribution in [3.8, 4) is 11.6 Å². The van der Waals surface area contributed by atoms with E-state index in [0.717, 1.165) is 4.68 Å². The summed E-state index contributed by atoms with van der Waals surface area (Å²) in [5.74, 6) is -0.814. The van der Waals surface area contributed by atoms with E-state index in [1.807, 2.05) is 0 Å². The van der Waals surface area contributed by atoms with Gasteiger partial charge in [0.15, 0.2) is 11.9 Å². The van der Waals surface area contributed by atoms with Gasteiger partial charge in [-0.1, -0.05) is 6.92 Å². The Kier molecular flexibility index (Phi) is 6.36. The molecule has 0 bridgehead atoms. The van der Waals surface area contributed by atoms with Gasteiger partial charge in [-0.25, -0.2) is 4.39 Å². The summed E-state index contributed by atoms with van der Waals surface area (Å²) in [6.07, 6.45) is -0.501. The number of carbonyl (C=O) groups excluding carboxylic acids is 2. The van der Waals surface area contributed by atoms with Crippen molar-refractivity contribution in [3.05, 3.63) is 82.4 Å². The minimum Gasteiger partial charge on any atom is -0.463 e. The van der Waals surface area contributed by atoms with E-state index in [2.05, 4.69) is 10.4 Å². The number of hydrogen-bond acceptors (Lipinski definition) is 5. The molecule has 0 spiro atoms. The zero-order chi connectivity index (χ0) is 21.7. The molecule has 1 atom stereocenters. The van der Waals surface area contributed by atoms with Crippen LogP contribution in [0.15, 0.2) is 65.5 Å². The highest BCUT2D eigenvalue weighted by Gasteiger charge is 2.20. The van der Waals surface area contributed by atoms with Crippen LogP contribution in [-0.4, -0.2) is 27.6 Å². The Labute approximate surface area is 172 Å². The number of amides is 1. The number of halogens is 1. The summed E-state index contributed by atoms with van der Waals surface area (Å²) in [4.78, 5) is 36.0. The minimum absolute atomic E-state index is 0.0648. The molecule has 0 unspecified atom stereocenters. The van der Waals surface area contributed by atoms with Crippen molar-refractivity contribution in [2.45, 2.75) is 26.4 Å². The normalized spacial score (nSPS) is 11.6. The van der Waals surface area contributed by atoms with Crippen molar-refractivity contribution in [3.63, 3.8) is 0 Å². The van der Waals surface area contributed by atoms with Crippen LogP contribution >= 0.6 is 0 Å². The number of nitrogens with zero attached hydrogens (tertiary/aromatic N) is 2. The molecule has 3 aromatic rings. The van der Waals surface area contributed by atoms with E-state index in [9.17, 15) is 18.8 Å². The summed E-state index contributed by atoms with van der Waals surface area (Å²) in [6, 6.07) is 14.4. The fourth-order valence-electron chi connectivity index (χ4n) is 2.70. The van der Waals surface area contributed by atoms with Crippen LogP contribution in [0, 0.1) is 5.82 Å². The first kappa shape index (κ1) is 20.9. The van der Waals surface area contributed by atoms with Crippen LogP contribution in [0.2, 0.25) is 0 Å². The fraction of sp³-hybridized carbons (Fsp3) is 0.182. The number of ether oxygens (including phenoxy) is 1. The second-order valence-electron chi connectivity index (χ2n) is 6.54. The van der Waals surface area contributed by atoms with Crippen LogP contribution in [0.4, 0.5) is 10.1 Å². The molecule has 1 aromatic heterocycles. The summed E-state index contributed by atoms with van der Waals surface area (Å²) < 4.78 is 19.9. The highest BCUT2D eigenvalue weighted by atomic mass is 19.1. The molecule has 1 heterocycles. The van der Waals surface area contributed by atoms with Gasteiger partial charge in [0.2, 0.25) is 5.88 Å². The van der Waals surface area contributed by atoms with E-state index in [1.165, 1.54) is 43.3 Å². The molecule has 0 aliphatic carbocycles. The molecule has 1 amide bonds. The SMILES string of the molecule is CC[C@H](Oc1ccc(=O)n(-c2ccc(F)cc2)n1)C(=O)Nc1ccc(C(C)=O)cc1. The molecule has 3 rings (SSSR count). The van der Waals surface area contributed by atoms with Gasteiger partial charge in [0.25, 0.3) is 11.5 Å². The molecule has 0 fully saturated rings. The van der Waals surface area contributed by atoms with Crippen molar-refractivity contribution in [1.82, 2.24) is 9.78 Å². The van der Waals surface area contributed by atoms with Gasteiger partial charge in [0.05, 0.1) is 5.69 Å². The highest BCUT2D eigenvalue weighted by Crippen LogP contribution is 2.14. The summed E-state index contributed by atoms with van der Waals surface area (Å²) in [6.45, 7) is 3.24. The monoisotopic (exact) mass is 409 g/mol. The molecular weight excluding hydrogens is 389 g/mol. The van der Waals surface area contributed by atoms with E-state index in [-0.39, 0.29) is 11.7 Å². The molecule has 0 radical (unpaired) electrons. The smallest absolute Gasteiger partial charge is 0.271 e. The van der Waals surface area contributed by atoms with Gasteiger partial charge in [-0.15, -0.1) is 5.10 Å². The lowest BCUT2D eigenvalue weighted by Crippen LogP contribution is -2.33. The Morgan fingerprint density at radius 1 is 1.07 bits per heavy atom. The van der Waals surface area contributed by atoms with E-state index < -0.39 is 23.4 Å². The third-order valence-electron chi connectivity index (χ3n) is 4.33. The van der Waals surface area contributed by atoms with Crippen LogP contribution in [0.5, 0.6) is 5.88 Å². The number of Topliss-reactive ketones (excluding diaryl/α,β-unsaturated/α-hetero) is 1. The van der Waals surface area contributed by atoms with Gasteiger partial charge in [-0.3, -0.25) is 14.4 Å². The van der Waals surface area contributed by atoms with Crippen molar-refractivity contribution < 1.29 is 18.7 Å². The number of benzene rings is 2. The Bertz CT molecular complexity index is 1110. The molecule has 7 nitrogen and oxygen atoms in total. The predicted molar refractivity (Wildman–Crippen MR) is 110 cm³/mol. The van der Waals surface area contributed by atoms with Gasteiger partial charge in [-0.05, 0) is 61.9 Å². The van der Waals surface area contributed by atoms with E-state index in [4.69, 9.17) is 4.74 Å². The van der Waals surface area contributed by atoms with E-state index in [1.54, 1.807) is 31.2 Å². The van der Waals surface area contributed by atoms with Crippen molar-refractivity contribution in [2.75, 3.05) is 5.32 Å². The molecule has 0 saturated heterocycles. The van der Waals surface area contributed by atoms with Crippen molar-refractivity contribution >= 4 is 17.4 Å². The first-order valence-corrected chi connectivity index (χ1v) is 9.32. The van der Waals surface area contributed by atoms with Crippen molar-refractivity contribution in [2.24, 2.45) is 0 Å². The van der Waals surface area contributed by atoms with Crippen LogP contribution in [0.3, 0.4) is 0 Å². The molecule has 0 aliphatic rings. The molecule has 1 N–H and O–H groups in total. The second kappa shape index (κ2) is 9.13. The number of ketones is 1. The molecule has 0 saturated carbocycles. The maximum atomic E-state index is 13.1. The molecule has 0 aliphatic heterocycles. The first-order chi connectivity index (χ1) is 14.4. The average Bonchev–Trinajstić information content (AvgIpc) is 2.74. The quantitative estimate of drug-likeness (QED) is 0.604. The first-order valence-electron chi connectivity index (χ1n) is 9.32. The summed E-state index contributed by atoms with van der Waals surface area (Å²) in [5, 5.41) is 6.85. The zero-order valence-electron chi connectivity index (χ0n) is 16.5. The third-order valence-corrected chi connectivity index (χ3v) is 4.33. The van der Waals surface area contributed by atoms with Crippen LogP contribution in [-0.2, 0) is 4.79 Å². The predicted octanol–water partition coefficient (Wildman–Crippen LogP) is 3.37. The number of carbonyl (C=O) groups is 2. The molecule has 8 heteroatoms. The minimum atomic E-state index is -0.857. The average molecular weight is 409 g/mol. The van der Waals surface area contributed by atoms with Crippen LogP contribution in [0.25, 0.3) is 5.69 Å². The zero-order valence-corrected chi connectivity index (χ0v) is 16.5. The van der Waals surface area contributed by atoms with Crippen molar-refractivity contribution in [1.29, 1.82) is 0 Å². The maximum absolute atomic E-state index is 13.1. The largest absolute Gasteiger partial charge is 0.463 e. The molecule has 2 aromatic carbocycles. The molecule has 154 valence electrons. The van der Waals surface area contributed by atoms with Crippen LogP contribution in [0.1, 0.15) is 30.6 Å². The molecule has 30 heavy (non-hydrogen) atoms. The fourth-order valence-corrected chi connectivity index (χ4v) is 2.70. The summed E-state index contributed by atoms with van der Waals surface area (Å²) in [7, 11) is 0. The third kappa shape index (κ3) is 4.96. The van der Waals surface area contributed by atoms with Gasteiger partial charge in [-0.2, -0.15) is 4.68 Å². The molecular formula is C22H20FN3O4. The van der Waals surface area contributed by atoms with Gasteiger partial charge in [0, 0.05) is 23.4 Å². The van der Waals surface area contributed by atoms with E-state index in [0.29, 0.717) is 23.4 Å². The second-order valence-corrected chi connectivity index (χ2v) is 6.54. The number of hydrogen-bond donors (Lipinski definition) is 1. The Hall–Kier alpha value is -3.81. The Morgan fingerprint density at radius 2 is 1.73 bits per heavy atom. The summed E-state index contributed by atoms with van der Waals surface area (Å²) in [5.41, 5.74) is 1.02. The number of nitrogens with one attached hydrogen (secondary N) is 1. The topological polar surface area (TPSA) is 90.3 Å². The number of rotatable bonds is 7. The highest BCUT2D eigenvalue weighted by molar-refractivity contribution is 5.96. The lowest BCUT2D eigenvalue weighted by Gasteiger charge is -2.17. The van der Waals surface area contributed by atoms with Gasteiger partial charge in [0.1, 0.15) is 5.82 Å². The standard InChI is InChI=1S/C22H20FN3O4/c1-3-19(22(29)24-17-8-4-15(5-9-17)14(2)27)30-20-12-13-21(28)26(25-20)18-10-6-16(23)7-11-18/h4-13,19H,3H2,1-2H3,(H,24,29)/t19-/m0/s1. The summed E-state index contributed by atoms with van der Waals surface area (Å²) >= 11 is 0. The Morgan fingerprint density at radius 3 is 2.33 bits per heavy atom. The lowest BCUT2D eigenvalue weighted by molar-refractivity contribution is -0.123. The van der Waals surface area contributed by atoms with Crippen LogP contribution < -0.4 is 15.6 Å². The van der Waals surface area contributed by atoms with E-state index >= 15 is 0 Å². The number of anilines is 1. The van der Waals surface area contributed by atoms with Gasteiger partial charge < -0.3 is 10.1 Å². The Balaban J connectivity index is 1.75. The van der Waals surface area contributed by atoms with Gasteiger partial charge >= 0.3 is 0 Å². The number of aromatic nitrogens is 2.